The molecule has 158 valence electrons. The van der Waals surface area contributed by atoms with E-state index in [1.165, 1.54) is 42.1 Å². The largest absolute Gasteiger partial charge is 0.444 e. The highest BCUT2D eigenvalue weighted by Crippen LogP contribution is 2.38. The lowest BCUT2D eigenvalue weighted by molar-refractivity contribution is -0.115. The van der Waals surface area contributed by atoms with Gasteiger partial charge in [-0.1, -0.05) is 23.9 Å². The lowest BCUT2D eigenvalue weighted by Crippen LogP contribution is -2.32. The Hall–Kier alpha value is -3.44. The first-order chi connectivity index (χ1) is 15.0. The van der Waals surface area contributed by atoms with E-state index in [2.05, 4.69) is 20.9 Å². The molecule has 0 saturated carbocycles. The number of anilines is 2. The Morgan fingerprint density at radius 2 is 1.97 bits per heavy atom. The van der Waals surface area contributed by atoms with Crippen molar-refractivity contribution in [3.05, 3.63) is 71.1 Å². The number of nitrogens with one attached hydrogen (secondary N) is 3. The summed E-state index contributed by atoms with van der Waals surface area (Å²) >= 11 is 2.50. The Morgan fingerprint density at radius 3 is 2.74 bits per heavy atom. The van der Waals surface area contributed by atoms with Crippen LogP contribution in [0.5, 0.6) is 0 Å². The van der Waals surface area contributed by atoms with E-state index in [-0.39, 0.29) is 18.1 Å². The Morgan fingerprint density at radius 1 is 1.16 bits per heavy atom. The van der Waals surface area contributed by atoms with Gasteiger partial charge in [-0.3, -0.25) is 19.9 Å². The zero-order valence-corrected chi connectivity index (χ0v) is 17.4. The lowest BCUT2D eigenvalue weighted by atomic mass is 10.2. The lowest BCUT2D eigenvalue weighted by Gasteiger charge is -2.11. The molecule has 1 atom stereocenters. The van der Waals surface area contributed by atoms with Gasteiger partial charge in [0.15, 0.2) is 5.37 Å². The molecule has 3 amide bonds. The van der Waals surface area contributed by atoms with Gasteiger partial charge in [-0.2, -0.15) is 0 Å². The molecule has 1 aliphatic heterocycles. The van der Waals surface area contributed by atoms with Crippen LogP contribution in [0.4, 0.5) is 19.9 Å². The van der Waals surface area contributed by atoms with Crippen LogP contribution in [0.2, 0.25) is 0 Å². The van der Waals surface area contributed by atoms with Crippen molar-refractivity contribution in [2.24, 2.45) is 0 Å². The molecule has 0 spiro atoms. The Labute approximate surface area is 184 Å². The van der Waals surface area contributed by atoms with Crippen molar-refractivity contribution < 1.29 is 23.5 Å². The van der Waals surface area contributed by atoms with Gasteiger partial charge in [-0.25, -0.2) is 9.18 Å². The minimum Gasteiger partial charge on any atom is -0.444 e. The average molecular weight is 458 g/mol. The SMILES string of the molecule is O=C(NC(=O)c1ccsc1NC(=O)C1Nc2cnccc2S1)OCc1ccc(F)cc1. The number of fused-ring (bicyclic) bond motifs is 1. The van der Waals surface area contributed by atoms with Crippen LogP contribution >= 0.6 is 23.1 Å². The monoisotopic (exact) mass is 458 g/mol. The minimum absolute atomic E-state index is 0.118. The summed E-state index contributed by atoms with van der Waals surface area (Å²) in [6.45, 7) is -0.118. The van der Waals surface area contributed by atoms with Crippen LogP contribution in [0.3, 0.4) is 0 Å². The minimum atomic E-state index is -0.950. The number of nitrogens with zero attached hydrogens (tertiary/aromatic N) is 1. The number of aromatic nitrogens is 1. The topological polar surface area (TPSA) is 109 Å². The van der Waals surface area contributed by atoms with E-state index >= 15 is 0 Å². The number of hydrogen-bond donors (Lipinski definition) is 3. The number of imide groups is 1. The maximum Gasteiger partial charge on any atom is 0.414 e. The molecular weight excluding hydrogens is 443 g/mol. The first-order valence-electron chi connectivity index (χ1n) is 8.98. The molecule has 0 fully saturated rings. The molecule has 1 aliphatic rings. The maximum absolute atomic E-state index is 12.9. The van der Waals surface area contributed by atoms with Crippen molar-refractivity contribution in [2.75, 3.05) is 10.6 Å². The highest BCUT2D eigenvalue weighted by atomic mass is 32.2. The highest BCUT2D eigenvalue weighted by Gasteiger charge is 2.29. The van der Waals surface area contributed by atoms with Crippen LogP contribution in [-0.4, -0.2) is 28.3 Å². The Balaban J connectivity index is 1.32. The smallest absolute Gasteiger partial charge is 0.414 e. The fourth-order valence-electron chi connectivity index (χ4n) is 2.70. The van der Waals surface area contributed by atoms with E-state index in [4.69, 9.17) is 4.74 Å². The van der Waals surface area contributed by atoms with Crippen LogP contribution in [0.15, 0.2) is 59.1 Å². The summed E-state index contributed by atoms with van der Waals surface area (Å²) < 4.78 is 17.9. The molecule has 3 heterocycles. The summed E-state index contributed by atoms with van der Waals surface area (Å²) in [5, 5.41) is 9.25. The van der Waals surface area contributed by atoms with E-state index in [1.807, 2.05) is 6.07 Å². The zero-order valence-electron chi connectivity index (χ0n) is 15.8. The van der Waals surface area contributed by atoms with Gasteiger partial charge in [-0.15, -0.1) is 11.3 Å². The number of pyridine rings is 1. The Kier molecular flexibility index (Phi) is 6.14. The number of carbonyl (C=O) groups excluding carboxylic acids is 3. The number of carbonyl (C=O) groups is 3. The van der Waals surface area contributed by atoms with E-state index in [0.717, 1.165) is 21.9 Å². The third kappa shape index (κ3) is 5.01. The second kappa shape index (κ2) is 9.14. The number of thioether (sulfide) groups is 1. The summed E-state index contributed by atoms with van der Waals surface area (Å²) in [5.41, 5.74) is 1.48. The molecule has 0 bridgehead atoms. The molecule has 2 aromatic heterocycles. The predicted molar refractivity (Wildman–Crippen MR) is 115 cm³/mol. The number of alkyl carbamates (subject to hydrolysis) is 1. The van der Waals surface area contributed by atoms with Crippen molar-refractivity contribution in [1.29, 1.82) is 0 Å². The van der Waals surface area contributed by atoms with Crippen LogP contribution in [0.1, 0.15) is 15.9 Å². The van der Waals surface area contributed by atoms with Gasteiger partial charge in [0.25, 0.3) is 11.8 Å². The number of thiophene rings is 1. The molecule has 0 radical (unpaired) electrons. The summed E-state index contributed by atoms with van der Waals surface area (Å²) in [6.07, 6.45) is 2.33. The second-order valence-corrected chi connectivity index (χ2v) is 8.39. The van der Waals surface area contributed by atoms with Crippen LogP contribution < -0.4 is 16.0 Å². The van der Waals surface area contributed by atoms with Crippen LogP contribution in [-0.2, 0) is 16.1 Å². The van der Waals surface area contributed by atoms with Gasteiger partial charge in [0.1, 0.15) is 17.4 Å². The van der Waals surface area contributed by atoms with E-state index in [9.17, 15) is 18.8 Å². The number of halogens is 1. The van der Waals surface area contributed by atoms with Crippen molar-refractivity contribution in [3.63, 3.8) is 0 Å². The molecule has 1 aromatic carbocycles. The molecule has 31 heavy (non-hydrogen) atoms. The van der Waals surface area contributed by atoms with Gasteiger partial charge in [0.05, 0.1) is 17.4 Å². The summed E-state index contributed by atoms with van der Waals surface area (Å²) in [4.78, 5) is 41.9. The van der Waals surface area contributed by atoms with Crippen molar-refractivity contribution in [2.45, 2.75) is 16.9 Å². The van der Waals surface area contributed by atoms with Crippen molar-refractivity contribution in [3.8, 4) is 0 Å². The number of hydrogen-bond acceptors (Lipinski definition) is 8. The van der Waals surface area contributed by atoms with E-state index < -0.39 is 23.2 Å². The summed E-state index contributed by atoms with van der Waals surface area (Å²) in [7, 11) is 0. The maximum atomic E-state index is 12.9. The molecule has 0 aliphatic carbocycles. The summed E-state index contributed by atoms with van der Waals surface area (Å²) in [6, 6.07) is 8.74. The highest BCUT2D eigenvalue weighted by molar-refractivity contribution is 8.01. The molecule has 3 N–H and O–H groups in total. The van der Waals surface area contributed by atoms with Gasteiger partial charge in [0, 0.05) is 11.1 Å². The number of ether oxygens (including phenoxy) is 1. The Bertz CT molecular complexity index is 1110. The molecule has 0 saturated heterocycles. The summed E-state index contributed by atoms with van der Waals surface area (Å²) in [5.74, 6) is -1.45. The normalized spacial score (nSPS) is 14.3. The molecule has 8 nitrogen and oxygen atoms in total. The fourth-order valence-corrected chi connectivity index (χ4v) is 4.47. The number of rotatable bonds is 5. The van der Waals surface area contributed by atoms with Gasteiger partial charge in [-0.05, 0) is 35.2 Å². The van der Waals surface area contributed by atoms with Gasteiger partial charge < -0.3 is 15.4 Å². The fraction of sp³-hybridized carbons (Fsp3) is 0.100. The van der Waals surface area contributed by atoms with E-state index in [0.29, 0.717) is 10.6 Å². The van der Waals surface area contributed by atoms with Crippen LogP contribution in [0.25, 0.3) is 0 Å². The van der Waals surface area contributed by atoms with Crippen molar-refractivity contribution in [1.82, 2.24) is 10.3 Å². The van der Waals surface area contributed by atoms with Crippen molar-refractivity contribution >= 4 is 51.7 Å². The average Bonchev–Trinajstić information content (AvgIpc) is 3.40. The third-order valence-electron chi connectivity index (χ3n) is 4.20. The third-order valence-corrected chi connectivity index (χ3v) is 6.20. The van der Waals surface area contributed by atoms with Gasteiger partial charge >= 0.3 is 6.09 Å². The zero-order chi connectivity index (χ0) is 21.8. The quantitative estimate of drug-likeness (QED) is 0.533. The number of amides is 3. The van der Waals surface area contributed by atoms with E-state index in [1.54, 1.807) is 17.8 Å². The molecule has 1 unspecified atom stereocenters. The first-order valence-corrected chi connectivity index (χ1v) is 10.7. The number of benzene rings is 1. The molecular formula is C20H15FN4O4S2. The second-order valence-electron chi connectivity index (χ2n) is 6.32. The first kappa shape index (κ1) is 20.8. The molecule has 3 aromatic rings. The standard InChI is InChI=1S/C20H15FN4O4S2/c21-12-3-1-11(2-4-12)10-29-20(28)25-16(26)13-6-8-30-18(13)24-17(27)19-23-14-9-22-7-5-15(14)31-19/h1-9,19,23H,10H2,(H,24,27)(H,25,26,28). The molecule has 11 heteroatoms. The predicted octanol–water partition coefficient (Wildman–Crippen LogP) is 3.83. The van der Waals surface area contributed by atoms with Crippen LogP contribution in [0, 0.1) is 5.82 Å². The van der Waals surface area contributed by atoms with Gasteiger partial charge in [0.2, 0.25) is 0 Å². The molecule has 4 rings (SSSR count).